The van der Waals surface area contributed by atoms with Crippen molar-refractivity contribution in [3.63, 3.8) is 0 Å². The molecule has 2 aromatic heterocycles. The Kier molecular flexibility index (Phi) is 4.35. The lowest BCUT2D eigenvalue weighted by atomic mass is 9.99. The van der Waals surface area contributed by atoms with Crippen molar-refractivity contribution in [1.29, 1.82) is 0 Å². The number of hydrogen-bond donors (Lipinski definition) is 0. The van der Waals surface area contributed by atoms with Crippen LogP contribution in [0.1, 0.15) is 31.4 Å². The molecule has 0 spiro atoms. The Hall–Kier alpha value is -1.94. The number of nitrogens with zero attached hydrogens (tertiary/aromatic N) is 2. The van der Waals surface area contributed by atoms with Gasteiger partial charge in [0, 0.05) is 17.5 Å². The molecule has 0 unspecified atom stereocenters. The van der Waals surface area contributed by atoms with Gasteiger partial charge in [0.05, 0.1) is 11.7 Å². The van der Waals surface area contributed by atoms with Crippen molar-refractivity contribution >= 4 is 21.6 Å². The third-order valence-corrected chi connectivity index (χ3v) is 5.07. The summed E-state index contributed by atoms with van der Waals surface area (Å²) < 4.78 is 1.75. The zero-order valence-electron chi connectivity index (χ0n) is 14.1. The van der Waals surface area contributed by atoms with Crippen molar-refractivity contribution in [1.82, 2.24) is 9.55 Å². The van der Waals surface area contributed by atoms with Gasteiger partial charge in [0.2, 0.25) is 0 Å². The first kappa shape index (κ1) is 15.9. The van der Waals surface area contributed by atoms with Crippen molar-refractivity contribution in [2.75, 3.05) is 0 Å². The van der Waals surface area contributed by atoms with E-state index in [0.717, 1.165) is 34.3 Å². The van der Waals surface area contributed by atoms with Gasteiger partial charge in [0.25, 0.3) is 5.56 Å². The number of aromatic nitrogens is 2. The lowest BCUT2D eigenvalue weighted by Gasteiger charge is -2.09. The van der Waals surface area contributed by atoms with E-state index in [1.807, 2.05) is 0 Å². The zero-order valence-corrected chi connectivity index (χ0v) is 14.9. The van der Waals surface area contributed by atoms with Gasteiger partial charge in [0.1, 0.15) is 4.83 Å². The predicted molar refractivity (Wildman–Crippen MR) is 98.2 cm³/mol. The Labute approximate surface area is 140 Å². The molecule has 0 atom stereocenters. The number of fused-ring (bicyclic) bond motifs is 1. The van der Waals surface area contributed by atoms with Crippen LogP contribution in [0, 0.1) is 19.8 Å². The second-order valence-corrected chi connectivity index (χ2v) is 7.43. The third-order valence-electron chi connectivity index (χ3n) is 4.18. The normalized spacial score (nSPS) is 11.5. The van der Waals surface area contributed by atoms with Crippen LogP contribution in [-0.2, 0) is 6.54 Å². The molecule has 0 N–H and O–H groups in total. The topological polar surface area (TPSA) is 34.9 Å². The van der Waals surface area contributed by atoms with Crippen LogP contribution >= 0.6 is 11.3 Å². The summed E-state index contributed by atoms with van der Waals surface area (Å²) in [5.74, 6) is 0.568. The fourth-order valence-corrected chi connectivity index (χ4v) is 3.74. The first-order valence-corrected chi connectivity index (χ1v) is 8.89. The molecule has 0 saturated carbocycles. The maximum absolute atomic E-state index is 12.9. The molecular weight excluding hydrogens is 304 g/mol. The Morgan fingerprint density at radius 1 is 1.22 bits per heavy atom. The highest BCUT2D eigenvalue weighted by molar-refractivity contribution is 7.17. The van der Waals surface area contributed by atoms with E-state index in [2.05, 4.69) is 56.3 Å². The van der Waals surface area contributed by atoms with E-state index in [4.69, 9.17) is 0 Å². The van der Waals surface area contributed by atoms with Gasteiger partial charge in [0.15, 0.2) is 0 Å². The van der Waals surface area contributed by atoms with Gasteiger partial charge in [-0.3, -0.25) is 9.36 Å². The maximum Gasteiger partial charge on any atom is 0.262 e. The first-order valence-electron chi connectivity index (χ1n) is 8.01. The van der Waals surface area contributed by atoms with E-state index >= 15 is 0 Å². The highest BCUT2D eigenvalue weighted by Gasteiger charge is 2.14. The Morgan fingerprint density at radius 3 is 2.70 bits per heavy atom. The van der Waals surface area contributed by atoms with Crippen molar-refractivity contribution in [2.24, 2.45) is 5.92 Å². The fraction of sp³-hybridized carbons (Fsp3) is 0.368. The standard InChI is InChI=1S/C19H22N2OS/c1-12(2)7-8-21-11-20-18-17(19(21)22)16(10-23-18)15-6-5-13(3)9-14(15)4/h5-6,9-12H,7-8H2,1-4H3. The van der Waals surface area contributed by atoms with Gasteiger partial charge in [-0.05, 0) is 37.3 Å². The SMILES string of the molecule is Cc1ccc(-c2csc3ncn(CCC(C)C)c(=O)c23)c(C)c1. The summed E-state index contributed by atoms with van der Waals surface area (Å²) in [4.78, 5) is 18.2. The molecular formula is C19H22N2OS. The lowest BCUT2D eigenvalue weighted by molar-refractivity contribution is 0.506. The van der Waals surface area contributed by atoms with Crippen LogP contribution in [0.2, 0.25) is 0 Å². The summed E-state index contributed by atoms with van der Waals surface area (Å²) in [6.45, 7) is 9.25. The summed E-state index contributed by atoms with van der Waals surface area (Å²) in [7, 11) is 0. The van der Waals surface area contributed by atoms with Crippen molar-refractivity contribution in [3.05, 3.63) is 51.4 Å². The van der Waals surface area contributed by atoms with E-state index in [1.165, 1.54) is 11.1 Å². The van der Waals surface area contributed by atoms with E-state index < -0.39 is 0 Å². The lowest BCUT2D eigenvalue weighted by Crippen LogP contribution is -2.21. The largest absolute Gasteiger partial charge is 0.299 e. The van der Waals surface area contributed by atoms with Gasteiger partial charge in [-0.2, -0.15) is 0 Å². The highest BCUT2D eigenvalue weighted by Crippen LogP contribution is 2.32. The minimum absolute atomic E-state index is 0.0758. The van der Waals surface area contributed by atoms with Gasteiger partial charge in [-0.25, -0.2) is 4.98 Å². The molecule has 120 valence electrons. The molecule has 3 aromatic rings. The Morgan fingerprint density at radius 2 is 2.00 bits per heavy atom. The van der Waals surface area contributed by atoms with Crippen molar-refractivity contribution in [2.45, 2.75) is 40.7 Å². The molecule has 1 aromatic carbocycles. The molecule has 4 heteroatoms. The Balaban J connectivity index is 2.15. The maximum atomic E-state index is 12.9. The number of benzene rings is 1. The molecule has 0 fully saturated rings. The van der Waals surface area contributed by atoms with E-state index in [-0.39, 0.29) is 5.56 Å². The molecule has 23 heavy (non-hydrogen) atoms. The quantitative estimate of drug-likeness (QED) is 0.691. The molecule has 0 aliphatic rings. The summed E-state index contributed by atoms with van der Waals surface area (Å²) in [6, 6.07) is 6.36. The highest BCUT2D eigenvalue weighted by atomic mass is 32.1. The zero-order chi connectivity index (χ0) is 16.6. The number of thiophene rings is 1. The molecule has 0 amide bonds. The molecule has 2 heterocycles. The van der Waals surface area contributed by atoms with Gasteiger partial charge in [-0.1, -0.05) is 37.6 Å². The fourth-order valence-electron chi connectivity index (χ4n) is 2.84. The number of hydrogen-bond acceptors (Lipinski definition) is 3. The average Bonchev–Trinajstić information content (AvgIpc) is 2.91. The monoisotopic (exact) mass is 326 g/mol. The van der Waals surface area contributed by atoms with E-state index in [0.29, 0.717) is 5.92 Å². The van der Waals surface area contributed by atoms with Gasteiger partial charge in [-0.15, -0.1) is 11.3 Å². The average molecular weight is 326 g/mol. The molecule has 3 nitrogen and oxygen atoms in total. The molecule has 0 bridgehead atoms. The number of rotatable bonds is 4. The molecule has 0 aliphatic heterocycles. The van der Waals surface area contributed by atoms with Crippen LogP contribution in [0.3, 0.4) is 0 Å². The molecule has 3 rings (SSSR count). The van der Waals surface area contributed by atoms with Crippen LogP contribution in [0.25, 0.3) is 21.3 Å². The Bertz CT molecular complexity index is 905. The van der Waals surface area contributed by atoms with E-state index in [1.54, 1.807) is 22.2 Å². The van der Waals surface area contributed by atoms with Crippen molar-refractivity contribution < 1.29 is 0 Å². The van der Waals surface area contributed by atoms with Crippen LogP contribution in [0.4, 0.5) is 0 Å². The van der Waals surface area contributed by atoms with Gasteiger partial charge < -0.3 is 0 Å². The third kappa shape index (κ3) is 3.08. The van der Waals surface area contributed by atoms with E-state index in [9.17, 15) is 4.79 Å². The molecule has 0 saturated heterocycles. The first-order chi connectivity index (χ1) is 11.0. The molecule has 0 aliphatic carbocycles. The van der Waals surface area contributed by atoms with Crippen molar-refractivity contribution in [3.8, 4) is 11.1 Å². The summed E-state index contributed by atoms with van der Waals surface area (Å²) in [5, 5.41) is 2.82. The minimum Gasteiger partial charge on any atom is -0.299 e. The second kappa shape index (κ2) is 6.28. The summed E-state index contributed by atoms with van der Waals surface area (Å²) in [6.07, 6.45) is 2.67. The summed E-state index contributed by atoms with van der Waals surface area (Å²) >= 11 is 1.54. The summed E-state index contributed by atoms with van der Waals surface area (Å²) in [5.41, 5.74) is 4.65. The number of aryl methyl sites for hydroxylation is 3. The van der Waals surface area contributed by atoms with Crippen LogP contribution < -0.4 is 5.56 Å². The molecule has 0 radical (unpaired) electrons. The predicted octanol–water partition coefficient (Wildman–Crippen LogP) is 4.79. The van der Waals surface area contributed by atoms with Crippen LogP contribution in [-0.4, -0.2) is 9.55 Å². The minimum atomic E-state index is 0.0758. The smallest absolute Gasteiger partial charge is 0.262 e. The second-order valence-electron chi connectivity index (χ2n) is 6.57. The van der Waals surface area contributed by atoms with Gasteiger partial charge >= 0.3 is 0 Å². The van der Waals surface area contributed by atoms with Crippen LogP contribution in [0.5, 0.6) is 0 Å². The van der Waals surface area contributed by atoms with Crippen LogP contribution in [0.15, 0.2) is 34.7 Å².